The Morgan fingerprint density at radius 3 is 2.47 bits per heavy atom. The van der Waals surface area contributed by atoms with Crippen LogP contribution in [0.5, 0.6) is 11.5 Å². The fourth-order valence-corrected chi connectivity index (χ4v) is 4.32. The summed E-state index contributed by atoms with van der Waals surface area (Å²) in [6, 6.07) is 23.0. The second-order valence-corrected chi connectivity index (χ2v) is 8.77. The number of ether oxygens (including phenoxy) is 2. The van der Waals surface area contributed by atoms with Crippen LogP contribution in [-0.2, 0) is 13.2 Å². The van der Waals surface area contributed by atoms with E-state index in [1.807, 2.05) is 36.4 Å². The van der Waals surface area contributed by atoms with Crippen molar-refractivity contribution in [3.05, 3.63) is 88.4 Å². The fraction of sp³-hybridized carbons (Fsp3) is 0.333. The van der Waals surface area contributed by atoms with Crippen LogP contribution in [-0.4, -0.2) is 31.1 Å². The van der Waals surface area contributed by atoms with Gasteiger partial charge in [0.25, 0.3) is 0 Å². The molecule has 0 bridgehead atoms. The molecule has 32 heavy (non-hydrogen) atoms. The van der Waals surface area contributed by atoms with E-state index in [1.54, 1.807) is 7.11 Å². The van der Waals surface area contributed by atoms with E-state index >= 15 is 0 Å². The summed E-state index contributed by atoms with van der Waals surface area (Å²) in [6.45, 7) is 5.63. The minimum Gasteiger partial charge on any atom is -0.493 e. The molecule has 1 fully saturated rings. The summed E-state index contributed by atoms with van der Waals surface area (Å²) >= 11 is 6.27. The van der Waals surface area contributed by atoms with Gasteiger partial charge in [-0.15, -0.1) is 0 Å². The highest BCUT2D eigenvalue weighted by molar-refractivity contribution is 6.31. The minimum atomic E-state index is 0.476. The maximum absolute atomic E-state index is 6.27. The molecule has 4 rings (SSSR count). The Labute approximate surface area is 196 Å². The Morgan fingerprint density at radius 2 is 1.72 bits per heavy atom. The van der Waals surface area contributed by atoms with Crippen LogP contribution in [0, 0.1) is 6.92 Å². The van der Waals surface area contributed by atoms with Crippen LogP contribution < -0.4 is 14.8 Å². The van der Waals surface area contributed by atoms with Crippen molar-refractivity contribution < 1.29 is 9.47 Å². The quantitative estimate of drug-likeness (QED) is 0.435. The monoisotopic (exact) mass is 450 g/mol. The van der Waals surface area contributed by atoms with Gasteiger partial charge in [-0.25, -0.2) is 0 Å². The fourth-order valence-electron chi connectivity index (χ4n) is 4.14. The van der Waals surface area contributed by atoms with Gasteiger partial charge in [0.2, 0.25) is 0 Å². The first-order chi connectivity index (χ1) is 15.6. The number of anilines is 1. The SMILES string of the molecule is COc1ccc(CN2CCC(Nc3cccc(Cl)c3C)CC2)cc1OCc1ccccc1. The normalized spacial score (nSPS) is 14.8. The van der Waals surface area contributed by atoms with Crippen molar-refractivity contribution in [1.29, 1.82) is 0 Å². The summed E-state index contributed by atoms with van der Waals surface area (Å²) in [5, 5.41) is 4.50. The molecule has 1 N–H and O–H groups in total. The van der Waals surface area contributed by atoms with E-state index in [-0.39, 0.29) is 0 Å². The number of methoxy groups -OCH3 is 1. The van der Waals surface area contributed by atoms with E-state index in [0.717, 1.165) is 65.8 Å². The zero-order valence-electron chi connectivity index (χ0n) is 18.8. The Bertz CT molecular complexity index is 1020. The standard InChI is InChI=1S/C27H31ClN2O2/c1-20-24(28)9-6-10-25(20)29-23-13-15-30(16-14-23)18-22-11-12-26(31-2)27(17-22)32-19-21-7-4-3-5-8-21/h3-12,17,23,29H,13-16,18-19H2,1-2H3. The number of rotatable bonds is 8. The summed E-state index contributed by atoms with van der Waals surface area (Å²) in [5.41, 5.74) is 4.65. The Kier molecular flexibility index (Phi) is 7.56. The van der Waals surface area contributed by atoms with E-state index in [1.165, 1.54) is 5.56 Å². The van der Waals surface area contributed by atoms with E-state index in [9.17, 15) is 0 Å². The molecule has 4 nitrogen and oxygen atoms in total. The molecule has 0 saturated carbocycles. The molecule has 0 radical (unpaired) electrons. The number of likely N-dealkylation sites (tertiary alicyclic amines) is 1. The van der Waals surface area contributed by atoms with Gasteiger partial charge in [-0.1, -0.05) is 54.1 Å². The van der Waals surface area contributed by atoms with E-state index < -0.39 is 0 Å². The van der Waals surface area contributed by atoms with E-state index in [4.69, 9.17) is 21.1 Å². The number of benzene rings is 3. The molecule has 5 heteroatoms. The highest BCUT2D eigenvalue weighted by atomic mass is 35.5. The first kappa shape index (κ1) is 22.5. The van der Waals surface area contributed by atoms with Gasteiger partial charge < -0.3 is 14.8 Å². The number of hydrogen-bond acceptors (Lipinski definition) is 4. The second-order valence-electron chi connectivity index (χ2n) is 8.37. The molecule has 0 spiro atoms. The lowest BCUT2D eigenvalue weighted by Gasteiger charge is -2.33. The summed E-state index contributed by atoms with van der Waals surface area (Å²) in [7, 11) is 1.68. The number of nitrogens with zero attached hydrogens (tertiary/aromatic N) is 1. The van der Waals surface area contributed by atoms with Crippen molar-refractivity contribution in [3.63, 3.8) is 0 Å². The van der Waals surface area contributed by atoms with E-state index in [0.29, 0.717) is 12.6 Å². The van der Waals surface area contributed by atoms with Crippen molar-refractivity contribution in [3.8, 4) is 11.5 Å². The van der Waals surface area contributed by atoms with Gasteiger partial charge in [-0.2, -0.15) is 0 Å². The number of nitrogens with one attached hydrogen (secondary N) is 1. The maximum Gasteiger partial charge on any atom is 0.161 e. The minimum absolute atomic E-state index is 0.476. The van der Waals surface area contributed by atoms with Gasteiger partial charge in [0.15, 0.2) is 11.5 Å². The Balaban J connectivity index is 1.33. The summed E-state index contributed by atoms with van der Waals surface area (Å²) in [6.07, 6.45) is 2.22. The lowest BCUT2D eigenvalue weighted by atomic mass is 10.0. The average molecular weight is 451 g/mol. The number of piperidine rings is 1. The van der Waals surface area contributed by atoms with Gasteiger partial charge in [0.1, 0.15) is 6.61 Å². The molecule has 0 unspecified atom stereocenters. The molecule has 1 heterocycles. The molecule has 0 atom stereocenters. The number of halogens is 1. The van der Waals surface area contributed by atoms with Crippen molar-refractivity contribution in [1.82, 2.24) is 4.90 Å². The summed E-state index contributed by atoms with van der Waals surface area (Å²) < 4.78 is 11.6. The summed E-state index contributed by atoms with van der Waals surface area (Å²) in [5.74, 6) is 1.56. The van der Waals surface area contributed by atoms with Gasteiger partial charge in [0.05, 0.1) is 7.11 Å². The maximum atomic E-state index is 6.27. The van der Waals surface area contributed by atoms with Gasteiger partial charge in [-0.3, -0.25) is 4.90 Å². The van der Waals surface area contributed by atoms with Crippen molar-refractivity contribution in [2.24, 2.45) is 0 Å². The topological polar surface area (TPSA) is 33.7 Å². The van der Waals surface area contributed by atoms with Crippen LogP contribution in [0.4, 0.5) is 5.69 Å². The zero-order chi connectivity index (χ0) is 22.3. The van der Waals surface area contributed by atoms with Crippen molar-refractivity contribution >= 4 is 17.3 Å². The van der Waals surface area contributed by atoms with Gasteiger partial charge >= 0.3 is 0 Å². The predicted molar refractivity (Wildman–Crippen MR) is 132 cm³/mol. The van der Waals surface area contributed by atoms with Crippen LogP contribution in [0.2, 0.25) is 5.02 Å². The van der Waals surface area contributed by atoms with Crippen molar-refractivity contribution in [2.75, 3.05) is 25.5 Å². The molecule has 3 aromatic rings. The lowest BCUT2D eigenvalue weighted by molar-refractivity contribution is 0.210. The molecule has 3 aromatic carbocycles. The van der Waals surface area contributed by atoms with E-state index in [2.05, 4.69) is 47.5 Å². The van der Waals surface area contributed by atoms with Gasteiger partial charge in [-0.05, 0) is 60.7 Å². The first-order valence-electron chi connectivity index (χ1n) is 11.2. The Morgan fingerprint density at radius 1 is 0.938 bits per heavy atom. The molecule has 0 aliphatic carbocycles. The zero-order valence-corrected chi connectivity index (χ0v) is 19.6. The molecule has 1 saturated heterocycles. The molecular weight excluding hydrogens is 420 g/mol. The molecule has 1 aliphatic heterocycles. The Hall–Kier alpha value is -2.69. The molecule has 0 aromatic heterocycles. The highest BCUT2D eigenvalue weighted by Gasteiger charge is 2.20. The third-order valence-corrected chi connectivity index (χ3v) is 6.50. The van der Waals surface area contributed by atoms with Crippen LogP contribution in [0.3, 0.4) is 0 Å². The third kappa shape index (κ3) is 5.76. The highest BCUT2D eigenvalue weighted by Crippen LogP contribution is 2.30. The predicted octanol–water partition coefficient (Wildman–Crippen LogP) is 6.31. The van der Waals surface area contributed by atoms with Crippen LogP contribution >= 0.6 is 11.6 Å². The number of hydrogen-bond donors (Lipinski definition) is 1. The smallest absolute Gasteiger partial charge is 0.161 e. The summed E-state index contributed by atoms with van der Waals surface area (Å²) in [4.78, 5) is 2.51. The molecular formula is C27H31ClN2O2. The van der Waals surface area contributed by atoms with Gasteiger partial charge in [0, 0.05) is 36.4 Å². The lowest BCUT2D eigenvalue weighted by Crippen LogP contribution is -2.38. The van der Waals surface area contributed by atoms with Crippen LogP contribution in [0.1, 0.15) is 29.5 Å². The largest absolute Gasteiger partial charge is 0.493 e. The first-order valence-corrected chi connectivity index (χ1v) is 11.6. The second kappa shape index (κ2) is 10.8. The molecule has 168 valence electrons. The van der Waals surface area contributed by atoms with Crippen LogP contribution in [0.25, 0.3) is 0 Å². The average Bonchev–Trinajstić information content (AvgIpc) is 2.83. The molecule has 0 amide bonds. The van der Waals surface area contributed by atoms with Crippen molar-refractivity contribution in [2.45, 2.75) is 39.0 Å². The molecule has 1 aliphatic rings. The van der Waals surface area contributed by atoms with Crippen LogP contribution in [0.15, 0.2) is 66.7 Å². The third-order valence-electron chi connectivity index (χ3n) is 6.09.